The summed E-state index contributed by atoms with van der Waals surface area (Å²) < 4.78 is 0.511. The number of ketones is 1. The number of pyridine rings is 1. The zero-order valence-corrected chi connectivity index (χ0v) is 15.9. The fourth-order valence-electron chi connectivity index (χ4n) is 3.21. The number of carbonyl (C=O) groups excluding carboxylic acids is 2. The van der Waals surface area contributed by atoms with E-state index in [1.807, 2.05) is 0 Å². The Balaban J connectivity index is 1.87. The van der Waals surface area contributed by atoms with Gasteiger partial charge in [0.05, 0.1) is 26.4 Å². The van der Waals surface area contributed by atoms with Crippen molar-refractivity contribution in [2.24, 2.45) is 0 Å². The third-order valence-corrected chi connectivity index (χ3v) is 5.59. The number of nitrogens with zero attached hydrogens (tertiary/aromatic N) is 4. The molecule has 29 heavy (non-hydrogen) atoms. The third kappa shape index (κ3) is 3.03. The van der Waals surface area contributed by atoms with Gasteiger partial charge >= 0.3 is 0 Å². The van der Waals surface area contributed by atoms with Gasteiger partial charge in [0.25, 0.3) is 11.6 Å². The molecule has 0 saturated carbocycles. The van der Waals surface area contributed by atoms with E-state index in [9.17, 15) is 24.8 Å². The van der Waals surface area contributed by atoms with Crippen LogP contribution < -0.4 is 4.90 Å². The number of rotatable bonds is 5. The van der Waals surface area contributed by atoms with Gasteiger partial charge in [-0.25, -0.2) is 4.98 Å². The quantitative estimate of drug-likeness (QED) is 0.504. The molecule has 1 N–H and O–H groups in total. The highest BCUT2D eigenvalue weighted by Gasteiger charge is 2.45. The van der Waals surface area contributed by atoms with Crippen molar-refractivity contribution in [2.45, 2.75) is 19.4 Å². The molecule has 1 unspecified atom stereocenters. The van der Waals surface area contributed by atoms with Gasteiger partial charge < -0.3 is 5.11 Å². The van der Waals surface area contributed by atoms with Gasteiger partial charge in [0.1, 0.15) is 6.04 Å². The number of carbonyl (C=O) groups is 2. The van der Waals surface area contributed by atoms with E-state index in [1.165, 1.54) is 29.3 Å². The maximum atomic E-state index is 12.9. The average Bonchev–Trinajstić information content (AvgIpc) is 3.26. The van der Waals surface area contributed by atoms with E-state index < -0.39 is 22.6 Å². The van der Waals surface area contributed by atoms with Crippen LogP contribution in [0.5, 0.6) is 0 Å². The molecule has 10 heteroatoms. The monoisotopic (exact) mass is 410 g/mol. The van der Waals surface area contributed by atoms with Gasteiger partial charge in [-0.05, 0) is 18.2 Å². The number of anilines is 1. The van der Waals surface area contributed by atoms with Gasteiger partial charge in [-0.1, -0.05) is 24.3 Å². The van der Waals surface area contributed by atoms with Crippen LogP contribution in [0.15, 0.2) is 53.9 Å². The Hall–Kier alpha value is -3.66. The number of hydrogen-bond acceptors (Lipinski definition) is 8. The molecule has 9 nitrogen and oxygen atoms in total. The number of thiazole rings is 1. The molecule has 1 aliphatic rings. The van der Waals surface area contributed by atoms with Crippen LogP contribution in [0.1, 0.15) is 25.1 Å². The van der Waals surface area contributed by atoms with Gasteiger partial charge in [-0.2, -0.15) is 0 Å². The number of amides is 1. The van der Waals surface area contributed by atoms with E-state index in [0.717, 1.165) is 11.3 Å². The van der Waals surface area contributed by atoms with E-state index in [2.05, 4.69) is 9.97 Å². The van der Waals surface area contributed by atoms with Crippen LogP contribution >= 0.6 is 11.3 Å². The second kappa shape index (κ2) is 7.06. The molecule has 0 aliphatic carbocycles. The number of nitro groups is 1. The van der Waals surface area contributed by atoms with Gasteiger partial charge in [0.2, 0.25) is 0 Å². The third-order valence-electron chi connectivity index (χ3n) is 4.58. The van der Waals surface area contributed by atoms with Gasteiger partial charge in [0.15, 0.2) is 16.7 Å². The highest BCUT2D eigenvalue weighted by Crippen LogP contribution is 2.43. The molecule has 146 valence electrons. The molecule has 2 aromatic heterocycles. The molecule has 0 saturated heterocycles. The second-order valence-corrected chi connectivity index (χ2v) is 7.29. The van der Waals surface area contributed by atoms with E-state index in [-0.39, 0.29) is 28.6 Å². The highest BCUT2D eigenvalue weighted by atomic mass is 32.1. The summed E-state index contributed by atoms with van der Waals surface area (Å²) in [7, 11) is 0. The Morgan fingerprint density at radius 1 is 1.34 bits per heavy atom. The van der Waals surface area contributed by atoms with Crippen molar-refractivity contribution < 1.29 is 19.6 Å². The zero-order valence-electron chi connectivity index (χ0n) is 15.1. The van der Waals surface area contributed by atoms with Crippen molar-refractivity contribution in [3.63, 3.8) is 0 Å². The molecule has 0 radical (unpaired) electrons. The maximum absolute atomic E-state index is 12.9. The van der Waals surface area contributed by atoms with Crippen molar-refractivity contribution in [1.29, 1.82) is 0 Å². The number of aliphatic hydroxyl groups excluding tert-OH is 1. The van der Waals surface area contributed by atoms with Crippen molar-refractivity contribution >= 4 is 44.1 Å². The first-order valence-electron chi connectivity index (χ1n) is 8.68. The number of aromatic nitrogens is 2. The molecule has 1 aromatic carbocycles. The summed E-state index contributed by atoms with van der Waals surface area (Å²) >= 11 is 1.06. The molecule has 0 bridgehead atoms. The fraction of sp³-hybridized carbons (Fsp3) is 0.158. The first kappa shape index (κ1) is 18.7. The standard InChI is InChI=1S/C19H14N4O5S/c1-2-13(24)15-16(12-5-3-4-8-20-12)22(18(26)17(15)25)19-21-11-7-6-10(23(27)28)9-14(11)29-19/h3-9,16,25H,2H2,1H3. The first-order chi connectivity index (χ1) is 13.9. The predicted molar refractivity (Wildman–Crippen MR) is 106 cm³/mol. The van der Waals surface area contributed by atoms with Crippen LogP contribution in [0.25, 0.3) is 10.2 Å². The topological polar surface area (TPSA) is 127 Å². The van der Waals surface area contributed by atoms with Gasteiger partial charge in [-0.3, -0.25) is 29.6 Å². The predicted octanol–water partition coefficient (Wildman–Crippen LogP) is 3.48. The van der Waals surface area contributed by atoms with E-state index in [1.54, 1.807) is 25.1 Å². The molecule has 0 fully saturated rings. The number of nitro benzene ring substituents is 1. The summed E-state index contributed by atoms with van der Waals surface area (Å²) in [4.78, 5) is 45.8. The normalized spacial score (nSPS) is 16.7. The second-order valence-electron chi connectivity index (χ2n) is 6.28. The number of fused-ring (bicyclic) bond motifs is 1. The van der Waals surface area contributed by atoms with E-state index in [0.29, 0.717) is 15.9 Å². The van der Waals surface area contributed by atoms with E-state index in [4.69, 9.17) is 0 Å². The molecule has 3 heterocycles. The molecule has 4 rings (SSSR count). The first-order valence-corrected chi connectivity index (χ1v) is 9.49. The zero-order chi connectivity index (χ0) is 20.7. The van der Waals surface area contributed by atoms with E-state index >= 15 is 0 Å². The molecule has 1 atom stereocenters. The van der Waals surface area contributed by atoms with Crippen LogP contribution in [0.4, 0.5) is 10.8 Å². The Kier molecular flexibility index (Phi) is 4.55. The van der Waals surface area contributed by atoms with Crippen molar-refractivity contribution in [3.05, 3.63) is 69.7 Å². The Morgan fingerprint density at radius 2 is 2.14 bits per heavy atom. The molecule has 1 amide bonds. The lowest BCUT2D eigenvalue weighted by Gasteiger charge is -2.23. The number of hydrogen-bond donors (Lipinski definition) is 1. The highest BCUT2D eigenvalue weighted by molar-refractivity contribution is 7.22. The van der Waals surface area contributed by atoms with Crippen LogP contribution in [0, 0.1) is 10.1 Å². The minimum atomic E-state index is -0.924. The summed E-state index contributed by atoms with van der Waals surface area (Å²) in [6, 6.07) is 8.35. The SMILES string of the molecule is CCC(=O)C1=C(O)C(=O)N(c2nc3ccc([N+](=O)[O-])cc3s2)C1c1ccccn1. The largest absolute Gasteiger partial charge is 0.503 e. The molecule has 1 aliphatic heterocycles. The molecular weight excluding hydrogens is 396 g/mol. The Morgan fingerprint density at radius 3 is 2.79 bits per heavy atom. The molecule has 3 aromatic rings. The van der Waals surface area contributed by atoms with Crippen LogP contribution in [0.2, 0.25) is 0 Å². The summed E-state index contributed by atoms with van der Waals surface area (Å²) in [6.45, 7) is 1.64. The Labute approximate surface area is 168 Å². The number of aliphatic hydroxyl groups is 1. The fourth-order valence-corrected chi connectivity index (χ4v) is 4.24. The number of benzene rings is 1. The van der Waals surface area contributed by atoms with Gasteiger partial charge in [0, 0.05) is 24.8 Å². The van der Waals surface area contributed by atoms with Crippen molar-refractivity contribution in [1.82, 2.24) is 9.97 Å². The molecular formula is C19H14N4O5S. The molecule has 0 spiro atoms. The minimum absolute atomic E-state index is 0.0264. The lowest BCUT2D eigenvalue weighted by molar-refractivity contribution is -0.384. The lowest BCUT2D eigenvalue weighted by atomic mass is 9.99. The van der Waals surface area contributed by atoms with Crippen molar-refractivity contribution in [2.75, 3.05) is 4.90 Å². The minimum Gasteiger partial charge on any atom is -0.503 e. The summed E-state index contributed by atoms with van der Waals surface area (Å²) in [5.41, 5.74) is 0.760. The maximum Gasteiger partial charge on any atom is 0.296 e. The Bertz CT molecular complexity index is 1190. The lowest BCUT2D eigenvalue weighted by Crippen LogP contribution is -2.31. The van der Waals surface area contributed by atoms with Crippen LogP contribution in [-0.2, 0) is 9.59 Å². The summed E-state index contributed by atoms with van der Waals surface area (Å²) in [5, 5.41) is 21.7. The summed E-state index contributed by atoms with van der Waals surface area (Å²) in [5.74, 6) is -1.76. The number of non-ortho nitro benzene ring substituents is 1. The average molecular weight is 410 g/mol. The smallest absolute Gasteiger partial charge is 0.296 e. The summed E-state index contributed by atoms with van der Waals surface area (Å²) in [6.07, 6.45) is 1.64. The van der Waals surface area contributed by atoms with Gasteiger partial charge in [-0.15, -0.1) is 0 Å². The number of Topliss-reactive ketones (excluding diaryl/α,β-unsaturated/α-hetero) is 1. The van der Waals surface area contributed by atoms with Crippen molar-refractivity contribution in [3.8, 4) is 0 Å². The van der Waals surface area contributed by atoms with Crippen LogP contribution in [-0.4, -0.2) is 31.7 Å². The van der Waals surface area contributed by atoms with Crippen LogP contribution in [0.3, 0.4) is 0 Å².